The smallest absolute Gasteiger partial charge is 0.414 e. The maximum atomic E-state index is 14.9. The van der Waals surface area contributed by atoms with E-state index in [0.717, 1.165) is 5.01 Å². The van der Waals surface area contributed by atoms with Crippen molar-refractivity contribution in [3.05, 3.63) is 36.3 Å². The number of rotatable bonds is 7. The number of ether oxygens (including phenoxy) is 2. The van der Waals surface area contributed by atoms with Gasteiger partial charge in [0.15, 0.2) is 12.4 Å². The SMILES string of the molecule is CC(=O)OCC(=O)N1CCN(c2ccc(N3CC(CN(C)c4ccon4)OC3=O)cc2F)C=N1. The molecule has 12 nitrogen and oxygen atoms in total. The second kappa shape index (κ2) is 9.77. The van der Waals surface area contributed by atoms with Crippen LogP contribution < -0.4 is 14.7 Å². The van der Waals surface area contributed by atoms with Crippen molar-refractivity contribution < 1.29 is 32.8 Å². The van der Waals surface area contributed by atoms with Crippen LogP contribution >= 0.6 is 0 Å². The molecule has 0 bridgehead atoms. The average molecular weight is 474 g/mol. The average Bonchev–Trinajstić information content (AvgIpc) is 3.47. The zero-order valence-corrected chi connectivity index (χ0v) is 18.6. The molecule has 2 amide bonds. The Morgan fingerprint density at radius 1 is 1.29 bits per heavy atom. The molecule has 2 aromatic rings. The quantitative estimate of drug-likeness (QED) is 0.549. The van der Waals surface area contributed by atoms with Gasteiger partial charge >= 0.3 is 12.1 Å². The predicted molar refractivity (Wildman–Crippen MR) is 118 cm³/mol. The van der Waals surface area contributed by atoms with E-state index in [9.17, 15) is 18.8 Å². The fourth-order valence-electron chi connectivity index (χ4n) is 3.58. The van der Waals surface area contributed by atoms with Crippen LogP contribution in [0.2, 0.25) is 0 Å². The van der Waals surface area contributed by atoms with Gasteiger partial charge in [0.1, 0.15) is 24.5 Å². The molecular formula is C21H23FN6O6. The molecule has 2 aliphatic rings. The van der Waals surface area contributed by atoms with Gasteiger partial charge in [0.05, 0.1) is 31.0 Å². The number of benzene rings is 1. The van der Waals surface area contributed by atoms with Crippen molar-refractivity contribution in [2.75, 3.05) is 54.5 Å². The summed E-state index contributed by atoms with van der Waals surface area (Å²) < 4.78 is 29.8. The minimum absolute atomic E-state index is 0.191. The van der Waals surface area contributed by atoms with Gasteiger partial charge in [0, 0.05) is 26.6 Å². The number of aromatic nitrogens is 1. The van der Waals surface area contributed by atoms with Gasteiger partial charge < -0.3 is 23.8 Å². The first kappa shape index (κ1) is 23.0. The number of anilines is 3. The van der Waals surface area contributed by atoms with Gasteiger partial charge in [-0.05, 0) is 18.2 Å². The van der Waals surface area contributed by atoms with Crippen molar-refractivity contribution in [3.8, 4) is 0 Å². The summed E-state index contributed by atoms with van der Waals surface area (Å²) in [5.41, 5.74) is 0.611. The molecule has 1 saturated heterocycles. The summed E-state index contributed by atoms with van der Waals surface area (Å²) >= 11 is 0. The van der Waals surface area contributed by atoms with Gasteiger partial charge in [-0.3, -0.25) is 14.5 Å². The minimum atomic E-state index is -0.563. The second-order valence-electron chi connectivity index (χ2n) is 7.71. The van der Waals surface area contributed by atoms with Crippen molar-refractivity contribution in [1.29, 1.82) is 0 Å². The highest BCUT2D eigenvalue weighted by Crippen LogP contribution is 2.28. The second-order valence-corrected chi connectivity index (χ2v) is 7.71. The molecule has 1 aromatic carbocycles. The standard InChI is InChI=1S/C21H23FN6O6/c1-14(29)32-12-20(30)28-7-6-26(13-23-28)18-4-3-15(9-17(18)22)27-11-16(34-21(27)31)10-25(2)19-5-8-33-24-19/h3-5,8-9,13,16H,6-7,10-12H2,1-2H3. The van der Waals surface area contributed by atoms with Gasteiger partial charge in [-0.2, -0.15) is 5.10 Å². The van der Waals surface area contributed by atoms with Crippen LogP contribution in [-0.4, -0.2) is 80.4 Å². The Hall–Kier alpha value is -4.16. The topological polar surface area (TPSA) is 121 Å². The highest BCUT2D eigenvalue weighted by molar-refractivity contribution is 5.91. The Balaban J connectivity index is 1.38. The van der Waals surface area contributed by atoms with E-state index in [-0.39, 0.29) is 25.3 Å². The molecule has 2 aliphatic heterocycles. The number of halogens is 1. The zero-order chi connectivity index (χ0) is 24.2. The maximum Gasteiger partial charge on any atom is 0.414 e. The molecule has 0 radical (unpaired) electrons. The highest BCUT2D eigenvalue weighted by Gasteiger charge is 2.34. The molecule has 13 heteroatoms. The van der Waals surface area contributed by atoms with Crippen LogP contribution in [0.15, 0.2) is 40.2 Å². The van der Waals surface area contributed by atoms with Gasteiger partial charge in [-0.1, -0.05) is 5.16 Å². The number of nitrogens with zero attached hydrogens (tertiary/aromatic N) is 6. The number of esters is 1. The summed E-state index contributed by atoms with van der Waals surface area (Å²) in [5.74, 6) is -0.981. The summed E-state index contributed by atoms with van der Waals surface area (Å²) in [5, 5.41) is 9.00. The van der Waals surface area contributed by atoms with E-state index in [4.69, 9.17) is 9.26 Å². The first-order valence-electron chi connectivity index (χ1n) is 10.5. The fraction of sp³-hybridized carbons (Fsp3) is 0.381. The van der Waals surface area contributed by atoms with Gasteiger partial charge in [0.2, 0.25) is 0 Å². The summed E-state index contributed by atoms with van der Waals surface area (Å²) in [6.45, 7) is 1.93. The lowest BCUT2D eigenvalue weighted by Crippen LogP contribution is -2.42. The Kier molecular flexibility index (Phi) is 6.61. The molecule has 1 fully saturated rings. The van der Waals surface area contributed by atoms with Crippen LogP contribution in [-0.2, 0) is 19.1 Å². The predicted octanol–water partition coefficient (Wildman–Crippen LogP) is 1.43. The van der Waals surface area contributed by atoms with Crippen LogP contribution in [0.3, 0.4) is 0 Å². The molecule has 0 saturated carbocycles. The van der Waals surface area contributed by atoms with Crippen LogP contribution in [0.4, 0.5) is 26.4 Å². The zero-order valence-electron chi connectivity index (χ0n) is 18.6. The molecule has 0 aliphatic carbocycles. The molecule has 1 unspecified atom stereocenters. The third-order valence-electron chi connectivity index (χ3n) is 5.29. The highest BCUT2D eigenvalue weighted by atomic mass is 19.1. The molecule has 0 spiro atoms. The molecule has 34 heavy (non-hydrogen) atoms. The maximum absolute atomic E-state index is 14.9. The number of hydrogen-bond donors (Lipinski definition) is 0. The van der Waals surface area contributed by atoms with Crippen molar-refractivity contribution in [2.24, 2.45) is 5.10 Å². The lowest BCUT2D eigenvalue weighted by Gasteiger charge is -2.29. The Bertz CT molecular complexity index is 1090. The molecule has 180 valence electrons. The van der Waals surface area contributed by atoms with E-state index in [1.165, 1.54) is 36.6 Å². The van der Waals surface area contributed by atoms with Crippen molar-refractivity contribution in [3.63, 3.8) is 0 Å². The monoisotopic (exact) mass is 474 g/mol. The van der Waals surface area contributed by atoms with Crippen molar-refractivity contribution >= 4 is 41.5 Å². The summed E-state index contributed by atoms with van der Waals surface area (Å²) in [4.78, 5) is 39.9. The fourth-order valence-corrected chi connectivity index (χ4v) is 3.58. The molecular weight excluding hydrogens is 451 g/mol. The number of amides is 2. The third kappa shape index (κ3) is 5.08. The first-order chi connectivity index (χ1) is 16.3. The summed E-state index contributed by atoms with van der Waals surface area (Å²) in [6.07, 6.45) is 1.79. The molecule has 1 aromatic heterocycles. The molecule has 3 heterocycles. The van der Waals surface area contributed by atoms with E-state index >= 15 is 0 Å². The van der Waals surface area contributed by atoms with Crippen LogP contribution in [0, 0.1) is 5.82 Å². The van der Waals surface area contributed by atoms with Crippen LogP contribution in [0.5, 0.6) is 0 Å². The van der Waals surface area contributed by atoms with Crippen molar-refractivity contribution in [2.45, 2.75) is 13.0 Å². The Morgan fingerprint density at radius 2 is 2.12 bits per heavy atom. The van der Waals surface area contributed by atoms with E-state index < -0.39 is 36.5 Å². The van der Waals surface area contributed by atoms with Gasteiger partial charge in [0.25, 0.3) is 5.91 Å². The largest absolute Gasteiger partial charge is 0.456 e. The Morgan fingerprint density at radius 3 is 2.76 bits per heavy atom. The van der Waals surface area contributed by atoms with Gasteiger partial charge in [-0.15, -0.1) is 0 Å². The van der Waals surface area contributed by atoms with Gasteiger partial charge in [-0.25, -0.2) is 14.2 Å². The van der Waals surface area contributed by atoms with Crippen LogP contribution in [0.1, 0.15) is 6.92 Å². The van der Waals surface area contributed by atoms with E-state index in [1.807, 2.05) is 0 Å². The lowest BCUT2D eigenvalue weighted by molar-refractivity contribution is -0.150. The summed E-state index contributed by atoms with van der Waals surface area (Å²) in [6, 6.07) is 6.11. The number of cyclic esters (lactones) is 1. The van der Waals surface area contributed by atoms with Crippen molar-refractivity contribution in [1.82, 2.24) is 10.2 Å². The third-order valence-corrected chi connectivity index (χ3v) is 5.29. The number of hydrogen-bond acceptors (Lipinski definition) is 10. The van der Waals surface area contributed by atoms with Crippen LogP contribution in [0.25, 0.3) is 0 Å². The number of carbonyl (C=O) groups is 3. The number of likely N-dealkylation sites (N-methyl/N-ethyl adjacent to an activating group) is 1. The normalized spacial score (nSPS) is 17.7. The molecule has 1 atom stereocenters. The summed E-state index contributed by atoms with van der Waals surface area (Å²) in [7, 11) is 1.80. The molecule has 0 N–H and O–H groups in total. The lowest BCUT2D eigenvalue weighted by atomic mass is 10.2. The minimum Gasteiger partial charge on any atom is -0.456 e. The Labute approximate surface area is 194 Å². The van der Waals surface area contributed by atoms with E-state index in [0.29, 0.717) is 18.1 Å². The number of carbonyl (C=O) groups excluding carboxylic acids is 3. The number of hydrazone groups is 1. The molecule has 4 rings (SSSR count). The van der Waals surface area contributed by atoms with E-state index in [2.05, 4.69) is 15.0 Å². The first-order valence-corrected chi connectivity index (χ1v) is 10.5. The van der Waals surface area contributed by atoms with E-state index in [1.54, 1.807) is 29.0 Å².